The number of hydrogen-bond acceptors (Lipinski definition) is 9. The van der Waals surface area contributed by atoms with Crippen molar-refractivity contribution >= 4 is 34.1 Å². The van der Waals surface area contributed by atoms with Gasteiger partial charge < -0.3 is 14.6 Å². The molecule has 1 amide bonds. The number of carbonyl (C=O) groups is 1. The first kappa shape index (κ1) is 22.0. The fourth-order valence-electron chi connectivity index (χ4n) is 2.92. The predicted octanol–water partition coefficient (Wildman–Crippen LogP) is 4.50. The summed E-state index contributed by atoms with van der Waals surface area (Å²) in [5, 5.41) is 15.4. The van der Waals surface area contributed by atoms with E-state index in [2.05, 4.69) is 37.8 Å². The van der Waals surface area contributed by atoms with Gasteiger partial charge in [0.2, 0.25) is 22.8 Å². The number of rotatable bonds is 10. The number of nitrogens with one attached hydrogen (secondary N) is 1. The molecule has 4 rings (SSSR count). The molecule has 0 unspecified atom stereocenters. The fraction of sp³-hybridized carbons (Fsp3) is 0.227. The molecule has 164 valence electrons. The van der Waals surface area contributed by atoms with Crippen LogP contribution in [0.2, 0.25) is 0 Å². The number of aryl methyl sites for hydroxylation is 2. The number of para-hydroxylation sites is 1. The highest BCUT2D eigenvalue weighted by molar-refractivity contribution is 8.01. The van der Waals surface area contributed by atoms with E-state index in [0.717, 1.165) is 22.1 Å². The van der Waals surface area contributed by atoms with Crippen molar-refractivity contribution in [2.24, 2.45) is 0 Å². The lowest BCUT2D eigenvalue weighted by atomic mass is 10.2. The van der Waals surface area contributed by atoms with E-state index in [1.54, 1.807) is 18.9 Å². The van der Waals surface area contributed by atoms with Gasteiger partial charge >= 0.3 is 0 Å². The summed E-state index contributed by atoms with van der Waals surface area (Å²) < 4.78 is 11.4. The monoisotopic (exact) mass is 467 g/mol. The van der Waals surface area contributed by atoms with Crippen LogP contribution in [0, 0.1) is 0 Å². The Hall–Kier alpha value is -3.24. The van der Waals surface area contributed by atoms with Crippen molar-refractivity contribution in [2.45, 2.75) is 23.6 Å². The first-order valence-corrected chi connectivity index (χ1v) is 11.8. The van der Waals surface area contributed by atoms with Crippen LogP contribution in [0.15, 0.2) is 63.5 Å². The van der Waals surface area contributed by atoms with Crippen LogP contribution in [0.5, 0.6) is 5.75 Å². The van der Waals surface area contributed by atoms with Crippen molar-refractivity contribution in [2.75, 3.05) is 18.2 Å². The molecule has 0 saturated carbocycles. The number of methoxy groups -OCH3 is 1. The molecule has 0 atom stereocenters. The number of anilines is 1. The Morgan fingerprint density at radius 3 is 2.75 bits per heavy atom. The molecular formula is C22H21N5O3S2. The van der Waals surface area contributed by atoms with E-state index in [1.165, 1.54) is 16.9 Å². The van der Waals surface area contributed by atoms with Crippen LogP contribution in [0.4, 0.5) is 5.13 Å². The third-order valence-corrected chi connectivity index (χ3v) is 6.47. The highest BCUT2D eigenvalue weighted by atomic mass is 32.2. The predicted molar refractivity (Wildman–Crippen MR) is 124 cm³/mol. The van der Waals surface area contributed by atoms with Gasteiger partial charge in [-0.25, -0.2) is 0 Å². The zero-order valence-corrected chi connectivity index (χ0v) is 19.0. The Bertz CT molecular complexity index is 1160. The van der Waals surface area contributed by atoms with Gasteiger partial charge in [-0.15, -0.1) is 10.2 Å². The van der Waals surface area contributed by atoms with Crippen LogP contribution >= 0.6 is 23.1 Å². The Morgan fingerprint density at radius 2 is 1.91 bits per heavy atom. The van der Waals surface area contributed by atoms with Crippen molar-refractivity contribution < 1.29 is 14.1 Å². The van der Waals surface area contributed by atoms with Gasteiger partial charge in [-0.1, -0.05) is 70.7 Å². The molecule has 2 aromatic heterocycles. The third-order valence-electron chi connectivity index (χ3n) is 4.49. The fourth-order valence-corrected chi connectivity index (χ4v) is 4.74. The lowest BCUT2D eigenvalue weighted by Crippen LogP contribution is -2.12. The van der Waals surface area contributed by atoms with E-state index < -0.39 is 0 Å². The van der Waals surface area contributed by atoms with Crippen LogP contribution in [0.1, 0.15) is 17.9 Å². The highest BCUT2D eigenvalue weighted by Crippen LogP contribution is 2.28. The summed E-state index contributed by atoms with van der Waals surface area (Å²) in [5.74, 6) is 2.19. The maximum Gasteiger partial charge on any atom is 0.227 e. The SMILES string of the molecule is COc1ccccc1-c1noc(CCC(=O)Nc2nnc(SCCc3ccccc3)s2)n1. The summed E-state index contributed by atoms with van der Waals surface area (Å²) >= 11 is 2.99. The normalized spacial score (nSPS) is 10.8. The van der Waals surface area contributed by atoms with E-state index in [-0.39, 0.29) is 12.3 Å². The first-order chi connectivity index (χ1) is 15.7. The Labute approximate surface area is 193 Å². The van der Waals surface area contributed by atoms with E-state index in [9.17, 15) is 4.79 Å². The van der Waals surface area contributed by atoms with Crippen LogP contribution < -0.4 is 10.1 Å². The minimum Gasteiger partial charge on any atom is -0.496 e. The zero-order valence-electron chi connectivity index (χ0n) is 17.4. The Kier molecular flexibility index (Phi) is 7.47. The van der Waals surface area contributed by atoms with Crippen LogP contribution in [-0.2, 0) is 17.6 Å². The van der Waals surface area contributed by atoms with Gasteiger partial charge in [0.05, 0.1) is 12.7 Å². The molecule has 0 aliphatic carbocycles. The summed E-state index contributed by atoms with van der Waals surface area (Å²) in [6.45, 7) is 0. The van der Waals surface area contributed by atoms with E-state index >= 15 is 0 Å². The zero-order chi connectivity index (χ0) is 22.2. The molecule has 10 heteroatoms. The van der Waals surface area contributed by atoms with Crippen LogP contribution in [0.25, 0.3) is 11.4 Å². The molecule has 0 aliphatic rings. The third kappa shape index (κ3) is 5.92. The molecular weight excluding hydrogens is 446 g/mol. The molecule has 0 spiro atoms. The molecule has 0 aliphatic heterocycles. The van der Waals surface area contributed by atoms with Crippen LogP contribution in [0.3, 0.4) is 0 Å². The van der Waals surface area contributed by atoms with Crippen molar-refractivity contribution in [3.63, 3.8) is 0 Å². The topological polar surface area (TPSA) is 103 Å². The molecule has 2 heterocycles. The van der Waals surface area contributed by atoms with Gasteiger partial charge in [0.15, 0.2) is 4.34 Å². The summed E-state index contributed by atoms with van der Waals surface area (Å²) in [6, 6.07) is 17.7. The summed E-state index contributed by atoms with van der Waals surface area (Å²) in [4.78, 5) is 16.6. The molecule has 0 saturated heterocycles. The van der Waals surface area contributed by atoms with Gasteiger partial charge in [0, 0.05) is 18.6 Å². The number of amides is 1. The average molecular weight is 468 g/mol. The molecule has 8 nitrogen and oxygen atoms in total. The maximum atomic E-state index is 12.3. The van der Waals surface area contributed by atoms with Gasteiger partial charge in [-0.05, 0) is 24.1 Å². The number of aromatic nitrogens is 4. The number of benzene rings is 2. The number of thioether (sulfide) groups is 1. The molecule has 0 radical (unpaired) electrons. The molecule has 2 aromatic carbocycles. The maximum absolute atomic E-state index is 12.3. The second-order valence-corrected chi connectivity index (χ2v) is 9.04. The molecule has 0 bridgehead atoms. The minimum absolute atomic E-state index is 0.181. The number of hydrogen-bond donors (Lipinski definition) is 1. The van der Waals surface area contributed by atoms with Crippen LogP contribution in [-0.4, -0.2) is 39.1 Å². The standard InChI is InChI=1S/C22H21N5O3S2/c1-29-17-10-6-5-9-16(17)20-24-19(30-27-20)12-11-18(28)23-21-25-26-22(32-21)31-14-13-15-7-3-2-4-8-15/h2-10H,11-14H2,1H3,(H,23,25,28). The molecule has 0 fully saturated rings. The van der Waals surface area contributed by atoms with E-state index in [0.29, 0.717) is 29.0 Å². The quantitative estimate of drug-likeness (QED) is 0.269. The van der Waals surface area contributed by atoms with E-state index in [1.807, 2.05) is 42.5 Å². The average Bonchev–Trinajstić information content (AvgIpc) is 3.48. The largest absolute Gasteiger partial charge is 0.496 e. The Balaban J connectivity index is 1.24. The number of carbonyl (C=O) groups excluding carboxylic acids is 1. The van der Waals surface area contributed by atoms with Crippen molar-refractivity contribution in [1.82, 2.24) is 20.3 Å². The first-order valence-electron chi connectivity index (χ1n) is 9.97. The number of nitrogens with zero attached hydrogens (tertiary/aromatic N) is 4. The van der Waals surface area contributed by atoms with Gasteiger partial charge in [0.25, 0.3) is 0 Å². The molecule has 1 N–H and O–H groups in total. The lowest BCUT2D eigenvalue weighted by Gasteiger charge is -2.03. The van der Waals surface area contributed by atoms with Crippen molar-refractivity contribution in [1.29, 1.82) is 0 Å². The number of ether oxygens (including phenoxy) is 1. The highest BCUT2D eigenvalue weighted by Gasteiger charge is 2.15. The summed E-state index contributed by atoms with van der Waals surface area (Å²) in [7, 11) is 1.59. The van der Waals surface area contributed by atoms with Crippen molar-refractivity contribution in [3.8, 4) is 17.1 Å². The molecule has 32 heavy (non-hydrogen) atoms. The van der Waals surface area contributed by atoms with E-state index in [4.69, 9.17) is 9.26 Å². The smallest absolute Gasteiger partial charge is 0.227 e. The van der Waals surface area contributed by atoms with Gasteiger partial charge in [0.1, 0.15) is 5.75 Å². The lowest BCUT2D eigenvalue weighted by molar-refractivity contribution is -0.116. The summed E-state index contributed by atoms with van der Waals surface area (Å²) in [6.07, 6.45) is 1.48. The summed E-state index contributed by atoms with van der Waals surface area (Å²) in [5.41, 5.74) is 2.02. The van der Waals surface area contributed by atoms with Crippen molar-refractivity contribution in [3.05, 3.63) is 66.1 Å². The Morgan fingerprint density at radius 1 is 1.09 bits per heavy atom. The second-order valence-electron chi connectivity index (χ2n) is 6.72. The second kappa shape index (κ2) is 10.9. The van der Waals surface area contributed by atoms with Gasteiger partial charge in [-0.2, -0.15) is 4.98 Å². The van der Waals surface area contributed by atoms with Gasteiger partial charge in [-0.3, -0.25) is 4.79 Å². The minimum atomic E-state index is -0.181. The molecule has 4 aromatic rings.